The molecule has 0 unspecified atom stereocenters. The van der Waals surface area contributed by atoms with Gasteiger partial charge in [-0.05, 0) is 6.42 Å². The highest BCUT2D eigenvalue weighted by Crippen LogP contribution is 2.06. The summed E-state index contributed by atoms with van der Waals surface area (Å²) in [6, 6.07) is 0. The molecule has 0 fully saturated rings. The molecule has 0 amide bonds. The molecular weight excluding hydrogens is 180 g/mol. The molecule has 6 nitrogen and oxygen atoms in total. The molecule has 0 aromatic rings. The molecule has 0 aliphatic carbocycles. The molecule has 0 bridgehead atoms. The van der Waals surface area contributed by atoms with Gasteiger partial charge in [0.2, 0.25) is 0 Å². The maximum atomic E-state index is 9.98. The molecule has 0 radical (unpaired) electrons. The third kappa shape index (κ3) is 3.79. The lowest BCUT2D eigenvalue weighted by molar-refractivity contribution is -0.134. The maximum Gasteiger partial charge on any atom is 0.151 e. The van der Waals surface area contributed by atoms with E-state index >= 15 is 0 Å². The average Bonchev–Trinajstić information content (AvgIpc) is 2.14. The van der Waals surface area contributed by atoms with Gasteiger partial charge in [-0.25, -0.2) is 0 Å². The first kappa shape index (κ1) is 12.5. The molecule has 0 spiro atoms. The Hall–Kier alpha value is -0.530. The summed E-state index contributed by atoms with van der Waals surface area (Å²) in [4.78, 5) is 9.98. The summed E-state index contributed by atoms with van der Waals surface area (Å²) in [5.74, 6) is 0. The zero-order chi connectivity index (χ0) is 10.4. The summed E-state index contributed by atoms with van der Waals surface area (Å²) in [6.07, 6.45) is -6.56. The van der Waals surface area contributed by atoms with Crippen LogP contribution in [0.4, 0.5) is 0 Å². The summed E-state index contributed by atoms with van der Waals surface area (Å²) in [5, 5.41) is 44.3. The third-order valence-electron chi connectivity index (χ3n) is 1.66. The Kier molecular flexibility index (Phi) is 5.76. The van der Waals surface area contributed by atoms with E-state index in [-0.39, 0.29) is 19.3 Å². The molecule has 78 valence electrons. The molecule has 0 aliphatic rings. The minimum atomic E-state index is -1.74. The zero-order valence-electron chi connectivity index (χ0n) is 6.95. The van der Waals surface area contributed by atoms with E-state index in [1.807, 2.05) is 0 Å². The number of carbonyl (C=O) groups is 1. The number of rotatable bonds is 6. The van der Waals surface area contributed by atoms with Gasteiger partial charge in [0.25, 0.3) is 0 Å². The average molecular weight is 194 g/mol. The first-order valence-corrected chi connectivity index (χ1v) is 3.83. The molecule has 5 N–H and O–H groups in total. The van der Waals surface area contributed by atoms with Crippen molar-refractivity contribution in [3.8, 4) is 0 Å². The van der Waals surface area contributed by atoms with Crippen molar-refractivity contribution in [2.75, 3.05) is 6.61 Å². The number of aliphatic hydroxyl groups is 5. The molecule has 0 aliphatic heterocycles. The van der Waals surface area contributed by atoms with Gasteiger partial charge in [0.1, 0.15) is 18.3 Å². The third-order valence-corrected chi connectivity index (χ3v) is 1.66. The fraction of sp³-hybridized carbons (Fsp3) is 0.857. The van der Waals surface area contributed by atoms with E-state index in [1.165, 1.54) is 0 Å². The predicted octanol–water partition coefficient (Wildman–Crippen LogP) is -2.99. The van der Waals surface area contributed by atoms with E-state index < -0.39 is 24.4 Å². The Bertz CT molecular complexity index is 150. The highest BCUT2D eigenvalue weighted by atomic mass is 16.4. The van der Waals surface area contributed by atoms with Crippen molar-refractivity contribution < 1.29 is 30.3 Å². The predicted molar refractivity (Wildman–Crippen MR) is 41.8 cm³/mol. The quantitative estimate of drug-likeness (QED) is 0.288. The number of aliphatic hydroxyl groups excluding tert-OH is 5. The second kappa shape index (κ2) is 6.01. The van der Waals surface area contributed by atoms with E-state index in [0.717, 1.165) is 0 Å². The van der Waals surface area contributed by atoms with Crippen LogP contribution in [0.2, 0.25) is 0 Å². The highest BCUT2D eigenvalue weighted by molar-refractivity contribution is 5.56. The molecule has 4 atom stereocenters. The summed E-state index contributed by atoms with van der Waals surface area (Å²) >= 11 is 0. The van der Waals surface area contributed by atoms with Crippen LogP contribution in [0.1, 0.15) is 6.42 Å². The SMILES string of the molecule is O=C[C@@H](O)[C@@H](O)[C@H](O)[C@H](O)CCO. The lowest BCUT2D eigenvalue weighted by atomic mass is 10.0. The van der Waals surface area contributed by atoms with E-state index in [2.05, 4.69) is 0 Å². The number of aldehydes is 1. The molecular formula is C7H14O6. The number of carbonyl (C=O) groups excluding carboxylic acids is 1. The smallest absolute Gasteiger partial charge is 0.151 e. The van der Waals surface area contributed by atoms with Gasteiger partial charge in [-0.2, -0.15) is 0 Å². The molecule has 13 heavy (non-hydrogen) atoms. The van der Waals surface area contributed by atoms with Gasteiger partial charge < -0.3 is 30.3 Å². The lowest BCUT2D eigenvalue weighted by Gasteiger charge is -2.23. The Morgan fingerprint density at radius 3 is 2.00 bits per heavy atom. The van der Waals surface area contributed by atoms with Crippen molar-refractivity contribution in [1.82, 2.24) is 0 Å². The minimum Gasteiger partial charge on any atom is -0.396 e. The Morgan fingerprint density at radius 2 is 1.62 bits per heavy atom. The summed E-state index contributed by atoms with van der Waals surface area (Å²) in [6.45, 7) is -0.359. The zero-order valence-corrected chi connectivity index (χ0v) is 6.95. The van der Waals surface area contributed by atoms with Gasteiger partial charge >= 0.3 is 0 Å². The van der Waals surface area contributed by atoms with Crippen LogP contribution >= 0.6 is 0 Å². The van der Waals surface area contributed by atoms with Crippen LogP contribution in [-0.2, 0) is 4.79 Å². The Morgan fingerprint density at radius 1 is 1.08 bits per heavy atom. The fourth-order valence-corrected chi connectivity index (χ4v) is 0.813. The van der Waals surface area contributed by atoms with Crippen molar-refractivity contribution in [3.63, 3.8) is 0 Å². The monoisotopic (exact) mass is 194 g/mol. The van der Waals surface area contributed by atoms with Gasteiger partial charge in [0, 0.05) is 6.61 Å². The largest absolute Gasteiger partial charge is 0.396 e. The van der Waals surface area contributed by atoms with Crippen molar-refractivity contribution in [2.24, 2.45) is 0 Å². The molecule has 0 rings (SSSR count). The van der Waals surface area contributed by atoms with Crippen molar-refractivity contribution >= 4 is 6.29 Å². The van der Waals surface area contributed by atoms with Crippen LogP contribution in [0.5, 0.6) is 0 Å². The van der Waals surface area contributed by atoms with Crippen LogP contribution < -0.4 is 0 Å². The molecule has 0 aromatic heterocycles. The van der Waals surface area contributed by atoms with E-state index in [9.17, 15) is 4.79 Å². The van der Waals surface area contributed by atoms with Gasteiger partial charge in [0.15, 0.2) is 6.29 Å². The van der Waals surface area contributed by atoms with Crippen LogP contribution in [0.3, 0.4) is 0 Å². The Labute approximate surface area is 75.1 Å². The molecule has 0 saturated heterocycles. The standard InChI is InChI=1S/C7H14O6/c8-2-1-4(10)6(12)7(13)5(11)3-9/h3-8,10-13H,1-2H2/t4-,5-,6-,7-/m1/s1. The van der Waals surface area contributed by atoms with Gasteiger partial charge in [-0.1, -0.05) is 0 Å². The second-order valence-corrected chi connectivity index (χ2v) is 2.69. The normalized spacial score (nSPS) is 20.4. The van der Waals surface area contributed by atoms with E-state index in [0.29, 0.717) is 0 Å². The first-order valence-electron chi connectivity index (χ1n) is 3.83. The van der Waals surface area contributed by atoms with Gasteiger partial charge in [-0.15, -0.1) is 0 Å². The molecule has 0 saturated carbocycles. The van der Waals surface area contributed by atoms with Crippen molar-refractivity contribution in [1.29, 1.82) is 0 Å². The van der Waals surface area contributed by atoms with Gasteiger partial charge in [-0.3, -0.25) is 0 Å². The molecule has 6 heteroatoms. The van der Waals surface area contributed by atoms with Crippen molar-refractivity contribution in [3.05, 3.63) is 0 Å². The highest BCUT2D eigenvalue weighted by Gasteiger charge is 2.29. The van der Waals surface area contributed by atoms with Crippen LogP contribution in [0.25, 0.3) is 0 Å². The fourth-order valence-electron chi connectivity index (χ4n) is 0.813. The Balaban J connectivity index is 4.06. The van der Waals surface area contributed by atoms with Crippen LogP contribution in [0, 0.1) is 0 Å². The van der Waals surface area contributed by atoms with Crippen molar-refractivity contribution in [2.45, 2.75) is 30.8 Å². The lowest BCUT2D eigenvalue weighted by Crippen LogP contribution is -2.45. The van der Waals surface area contributed by atoms with Gasteiger partial charge in [0.05, 0.1) is 6.10 Å². The van der Waals surface area contributed by atoms with E-state index in [1.54, 1.807) is 0 Å². The summed E-state index contributed by atoms with van der Waals surface area (Å²) < 4.78 is 0. The summed E-state index contributed by atoms with van der Waals surface area (Å²) in [5.41, 5.74) is 0. The topological polar surface area (TPSA) is 118 Å². The number of hydrogen-bond donors (Lipinski definition) is 5. The summed E-state index contributed by atoms with van der Waals surface area (Å²) in [7, 11) is 0. The van der Waals surface area contributed by atoms with Crippen LogP contribution in [0.15, 0.2) is 0 Å². The first-order chi connectivity index (χ1) is 6.04. The van der Waals surface area contributed by atoms with Crippen LogP contribution in [-0.4, -0.2) is 62.8 Å². The number of hydrogen-bond acceptors (Lipinski definition) is 6. The second-order valence-electron chi connectivity index (χ2n) is 2.69. The molecule has 0 heterocycles. The molecule has 0 aromatic carbocycles. The van der Waals surface area contributed by atoms with E-state index in [4.69, 9.17) is 25.5 Å². The maximum absolute atomic E-state index is 9.98. The minimum absolute atomic E-state index is 0.0551.